The van der Waals surface area contributed by atoms with Crippen LogP contribution in [-0.4, -0.2) is 21.5 Å². The maximum Gasteiger partial charge on any atom is 0.222 e. The Hall–Kier alpha value is -1.49. The van der Waals surface area contributed by atoms with E-state index in [1.807, 2.05) is 19.3 Å². The fraction of sp³-hybridized carbons (Fsp3) is 0.500. The van der Waals surface area contributed by atoms with Crippen LogP contribution in [0.3, 0.4) is 0 Å². The van der Waals surface area contributed by atoms with Crippen LogP contribution in [0.2, 0.25) is 0 Å². The first-order chi connectivity index (χ1) is 8.95. The maximum atomic E-state index is 4.66. The van der Waals surface area contributed by atoms with E-state index in [2.05, 4.69) is 46.4 Å². The van der Waals surface area contributed by atoms with E-state index < -0.39 is 0 Å². The molecule has 19 heavy (non-hydrogen) atoms. The Bertz CT molecular complexity index is 525. The van der Waals surface area contributed by atoms with Crippen LogP contribution in [0, 0.1) is 6.92 Å². The molecule has 5 heteroatoms. The van der Waals surface area contributed by atoms with Crippen molar-refractivity contribution in [3.63, 3.8) is 0 Å². The van der Waals surface area contributed by atoms with Crippen LogP contribution in [0.5, 0.6) is 0 Å². The molecule has 0 unspecified atom stereocenters. The van der Waals surface area contributed by atoms with Gasteiger partial charge in [-0.25, -0.2) is 15.0 Å². The van der Waals surface area contributed by atoms with Crippen molar-refractivity contribution >= 4 is 17.3 Å². The molecule has 2 aromatic rings. The summed E-state index contributed by atoms with van der Waals surface area (Å²) in [6.07, 6.45) is 4.52. The number of thiazole rings is 1. The highest BCUT2D eigenvalue weighted by molar-refractivity contribution is 7.09. The zero-order valence-electron chi connectivity index (χ0n) is 11.9. The summed E-state index contributed by atoms with van der Waals surface area (Å²) in [5.74, 6) is 0.678. The van der Waals surface area contributed by atoms with Gasteiger partial charge in [0.25, 0.3) is 0 Å². The van der Waals surface area contributed by atoms with Gasteiger partial charge < -0.3 is 5.32 Å². The van der Waals surface area contributed by atoms with E-state index in [1.54, 1.807) is 11.3 Å². The number of aromatic nitrogens is 3. The zero-order chi connectivity index (χ0) is 13.9. The molecule has 2 rings (SSSR count). The summed E-state index contributed by atoms with van der Waals surface area (Å²) < 4.78 is 0. The molecule has 0 saturated heterocycles. The van der Waals surface area contributed by atoms with Crippen molar-refractivity contribution < 1.29 is 0 Å². The van der Waals surface area contributed by atoms with E-state index in [1.165, 1.54) is 5.01 Å². The molecule has 0 aliphatic carbocycles. The van der Waals surface area contributed by atoms with Gasteiger partial charge in [0.05, 0.1) is 10.7 Å². The number of rotatable bonds is 4. The average Bonchev–Trinajstić information content (AvgIpc) is 2.80. The standard InChI is InChI=1S/C14H20N4S/c1-10-7-16-13(17-8-10)15-6-5-11-9-19-12(18-11)14(2,3)4/h7-9H,5-6H2,1-4H3,(H,15,16,17). The molecule has 0 aliphatic heterocycles. The number of anilines is 1. The Kier molecular flexibility index (Phi) is 4.14. The maximum absolute atomic E-state index is 4.66. The number of hydrogen-bond acceptors (Lipinski definition) is 5. The lowest BCUT2D eigenvalue weighted by atomic mass is 9.98. The summed E-state index contributed by atoms with van der Waals surface area (Å²) in [5, 5.41) is 6.54. The first kappa shape index (κ1) is 13.9. The lowest BCUT2D eigenvalue weighted by Crippen LogP contribution is -2.11. The van der Waals surface area contributed by atoms with Crippen LogP contribution in [0.4, 0.5) is 5.95 Å². The van der Waals surface area contributed by atoms with Gasteiger partial charge in [-0.3, -0.25) is 0 Å². The van der Waals surface area contributed by atoms with Gasteiger partial charge >= 0.3 is 0 Å². The van der Waals surface area contributed by atoms with Crippen molar-refractivity contribution in [2.75, 3.05) is 11.9 Å². The molecule has 0 saturated carbocycles. The molecule has 0 radical (unpaired) electrons. The van der Waals surface area contributed by atoms with Crippen molar-refractivity contribution in [1.82, 2.24) is 15.0 Å². The highest BCUT2D eigenvalue weighted by atomic mass is 32.1. The fourth-order valence-corrected chi connectivity index (χ4v) is 2.49. The SMILES string of the molecule is Cc1cnc(NCCc2csc(C(C)(C)C)n2)nc1. The second kappa shape index (κ2) is 5.65. The number of nitrogens with one attached hydrogen (secondary N) is 1. The van der Waals surface area contributed by atoms with E-state index >= 15 is 0 Å². The quantitative estimate of drug-likeness (QED) is 0.931. The van der Waals surface area contributed by atoms with Crippen molar-refractivity contribution in [2.24, 2.45) is 0 Å². The van der Waals surface area contributed by atoms with Crippen LogP contribution < -0.4 is 5.32 Å². The summed E-state index contributed by atoms with van der Waals surface area (Å²) in [5.41, 5.74) is 2.34. The minimum absolute atomic E-state index is 0.135. The minimum atomic E-state index is 0.135. The van der Waals surface area contributed by atoms with Crippen LogP contribution in [-0.2, 0) is 11.8 Å². The second-order valence-corrected chi connectivity index (χ2v) is 6.51. The van der Waals surface area contributed by atoms with E-state index in [4.69, 9.17) is 0 Å². The molecule has 0 amide bonds. The highest BCUT2D eigenvalue weighted by Crippen LogP contribution is 2.25. The lowest BCUT2D eigenvalue weighted by molar-refractivity contribution is 0.583. The van der Waals surface area contributed by atoms with Crippen molar-refractivity contribution in [1.29, 1.82) is 0 Å². The fourth-order valence-electron chi connectivity index (χ4n) is 1.55. The van der Waals surface area contributed by atoms with Gasteiger partial charge in [0.1, 0.15) is 0 Å². The van der Waals surface area contributed by atoms with Gasteiger partial charge in [0.2, 0.25) is 5.95 Å². The van der Waals surface area contributed by atoms with Crippen LogP contribution in [0.1, 0.15) is 37.0 Å². The van der Waals surface area contributed by atoms with Gasteiger partial charge in [-0.1, -0.05) is 20.8 Å². The molecular weight excluding hydrogens is 256 g/mol. The van der Waals surface area contributed by atoms with Gasteiger partial charge in [-0.2, -0.15) is 0 Å². The molecule has 0 aliphatic rings. The van der Waals surface area contributed by atoms with E-state index in [0.29, 0.717) is 5.95 Å². The first-order valence-corrected chi connectivity index (χ1v) is 7.30. The Morgan fingerprint density at radius 2 is 1.89 bits per heavy atom. The molecule has 0 spiro atoms. The summed E-state index contributed by atoms with van der Waals surface area (Å²) in [6, 6.07) is 0. The van der Waals surface area contributed by atoms with E-state index in [0.717, 1.165) is 24.2 Å². The third kappa shape index (κ3) is 3.99. The Balaban J connectivity index is 1.86. The minimum Gasteiger partial charge on any atom is -0.354 e. The monoisotopic (exact) mass is 276 g/mol. The molecule has 2 heterocycles. The van der Waals surface area contributed by atoms with E-state index in [-0.39, 0.29) is 5.41 Å². The zero-order valence-corrected chi connectivity index (χ0v) is 12.7. The van der Waals surface area contributed by atoms with E-state index in [9.17, 15) is 0 Å². The summed E-state index contributed by atoms with van der Waals surface area (Å²) in [6.45, 7) is 9.35. The van der Waals surface area contributed by atoms with Crippen LogP contribution in [0.15, 0.2) is 17.8 Å². The van der Waals surface area contributed by atoms with Crippen molar-refractivity contribution in [2.45, 2.75) is 39.5 Å². The molecule has 0 fully saturated rings. The van der Waals surface area contributed by atoms with Crippen molar-refractivity contribution in [3.05, 3.63) is 34.0 Å². The normalized spacial score (nSPS) is 11.6. The summed E-state index contributed by atoms with van der Waals surface area (Å²) in [4.78, 5) is 13.1. The molecule has 2 aromatic heterocycles. The predicted octanol–water partition coefficient (Wildman–Crippen LogP) is 3.19. The van der Waals surface area contributed by atoms with Gasteiger partial charge in [0, 0.05) is 36.2 Å². The number of hydrogen-bond donors (Lipinski definition) is 1. The highest BCUT2D eigenvalue weighted by Gasteiger charge is 2.17. The van der Waals surface area contributed by atoms with Gasteiger partial charge in [-0.05, 0) is 12.5 Å². The molecule has 0 atom stereocenters. The Morgan fingerprint density at radius 1 is 1.21 bits per heavy atom. The molecule has 1 N–H and O–H groups in total. The van der Waals surface area contributed by atoms with Crippen LogP contribution >= 0.6 is 11.3 Å². The predicted molar refractivity (Wildman–Crippen MR) is 79.8 cm³/mol. The van der Waals surface area contributed by atoms with Crippen molar-refractivity contribution in [3.8, 4) is 0 Å². The molecule has 102 valence electrons. The lowest BCUT2D eigenvalue weighted by Gasteiger charge is -2.13. The largest absolute Gasteiger partial charge is 0.354 e. The third-order valence-electron chi connectivity index (χ3n) is 2.64. The molecule has 0 aromatic carbocycles. The Morgan fingerprint density at radius 3 is 2.47 bits per heavy atom. The molecular formula is C14H20N4S. The molecule has 0 bridgehead atoms. The average molecular weight is 276 g/mol. The van der Waals surface area contributed by atoms with Crippen LogP contribution in [0.25, 0.3) is 0 Å². The molecule has 4 nitrogen and oxygen atoms in total. The van der Waals surface area contributed by atoms with Gasteiger partial charge in [0.15, 0.2) is 0 Å². The van der Waals surface area contributed by atoms with Gasteiger partial charge in [-0.15, -0.1) is 11.3 Å². The first-order valence-electron chi connectivity index (χ1n) is 6.42. The topological polar surface area (TPSA) is 50.7 Å². The number of aryl methyl sites for hydroxylation is 1. The second-order valence-electron chi connectivity index (χ2n) is 5.65. The third-order valence-corrected chi connectivity index (χ3v) is 3.96. The summed E-state index contributed by atoms with van der Waals surface area (Å²) in [7, 11) is 0. The summed E-state index contributed by atoms with van der Waals surface area (Å²) >= 11 is 1.73. The Labute approximate surface area is 118 Å². The number of nitrogens with zero attached hydrogens (tertiary/aromatic N) is 3. The smallest absolute Gasteiger partial charge is 0.222 e.